The third-order valence-corrected chi connectivity index (χ3v) is 6.65. The summed E-state index contributed by atoms with van der Waals surface area (Å²) in [4.78, 5) is 23.8. The fourth-order valence-corrected chi connectivity index (χ4v) is 3.99. The van der Waals surface area contributed by atoms with E-state index in [0.29, 0.717) is 26.1 Å². The first kappa shape index (κ1) is 33.2. The lowest BCUT2D eigenvalue weighted by molar-refractivity contribution is -0.917. The van der Waals surface area contributed by atoms with Gasteiger partial charge >= 0.3 is 11.9 Å². The smallest absolute Gasteiger partial charge is 0.305 e. The van der Waals surface area contributed by atoms with Gasteiger partial charge in [0.05, 0.1) is 40.5 Å². The molecular weight excluding hydrogens is 654 g/mol. The largest absolute Gasteiger partial charge is 1.00 e. The van der Waals surface area contributed by atoms with Gasteiger partial charge in [-0.15, -0.1) is 0 Å². The van der Waals surface area contributed by atoms with Gasteiger partial charge in [0.2, 0.25) is 0 Å². The van der Waals surface area contributed by atoms with Crippen LogP contribution in [0.2, 0.25) is 0 Å². The number of morpholine rings is 2. The maximum Gasteiger partial charge on any atom is 0.305 e. The van der Waals surface area contributed by atoms with E-state index < -0.39 is 0 Å². The van der Waals surface area contributed by atoms with Crippen LogP contribution in [0, 0.1) is 0 Å². The second kappa shape index (κ2) is 18.5. The fourth-order valence-electron chi connectivity index (χ4n) is 3.99. The molecule has 196 valence electrons. The van der Waals surface area contributed by atoms with Crippen LogP contribution in [0.1, 0.15) is 44.9 Å². The summed E-state index contributed by atoms with van der Waals surface area (Å²) in [6, 6.07) is 0. The number of unbranched alkanes of at least 4 members (excludes halogenated alkanes) is 4. The number of rotatable bonds is 14. The van der Waals surface area contributed by atoms with Gasteiger partial charge in [-0.25, -0.2) is 0 Å². The van der Waals surface area contributed by atoms with Crippen LogP contribution < -0.4 is 48.0 Å². The summed E-state index contributed by atoms with van der Waals surface area (Å²) in [6.45, 7) is 9.79. The van der Waals surface area contributed by atoms with Crippen molar-refractivity contribution >= 4 is 11.9 Å². The van der Waals surface area contributed by atoms with Crippen molar-refractivity contribution in [1.82, 2.24) is 0 Å². The van der Waals surface area contributed by atoms with Gasteiger partial charge in [0.25, 0.3) is 0 Å². The molecule has 0 aromatic rings. The maximum absolute atomic E-state index is 11.9. The Labute approximate surface area is 234 Å². The molecule has 2 aliphatic rings. The zero-order valence-electron chi connectivity index (χ0n) is 20.5. The molecule has 2 aliphatic heterocycles. The van der Waals surface area contributed by atoms with Crippen molar-refractivity contribution in [2.75, 3.05) is 93.0 Å². The van der Waals surface area contributed by atoms with Gasteiger partial charge in [-0.1, -0.05) is 19.3 Å². The van der Waals surface area contributed by atoms with Crippen LogP contribution in [0.15, 0.2) is 0 Å². The Morgan fingerprint density at radius 2 is 0.970 bits per heavy atom. The van der Waals surface area contributed by atoms with Crippen LogP contribution in [0.3, 0.4) is 0 Å². The Hall–Kier alpha value is 0.240. The number of halogens is 2. The zero-order chi connectivity index (χ0) is 22.4. The first-order chi connectivity index (χ1) is 14.9. The molecule has 0 saturated carbocycles. The minimum Gasteiger partial charge on any atom is -1.00 e. The highest BCUT2D eigenvalue weighted by Crippen LogP contribution is 2.11. The Morgan fingerprint density at radius 3 is 1.33 bits per heavy atom. The van der Waals surface area contributed by atoms with Gasteiger partial charge in [-0.2, -0.15) is 0 Å². The summed E-state index contributed by atoms with van der Waals surface area (Å²) in [6.07, 6.45) is 5.69. The van der Waals surface area contributed by atoms with E-state index in [0.717, 1.165) is 107 Å². The van der Waals surface area contributed by atoms with Gasteiger partial charge in [-0.3, -0.25) is 9.59 Å². The van der Waals surface area contributed by atoms with Crippen molar-refractivity contribution in [1.29, 1.82) is 0 Å². The molecule has 0 spiro atoms. The number of quaternary nitrogens is 2. The Bertz CT molecular complexity index is 495. The number of nitrogens with zero attached hydrogens (tertiary/aromatic N) is 2. The van der Waals surface area contributed by atoms with Crippen LogP contribution in [-0.2, 0) is 28.5 Å². The van der Waals surface area contributed by atoms with Gasteiger partial charge in [-0.05, 0) is 12.8 Å². The maximum atomic E-state index is 11.9. The molecular formula is C23H44I2N2O6. The van der Waals surface area contributed by atoms with E-state index in [9.17, 15) is 9.59 Å². The summed E-state index contributed by atoms with van der Waals surface area (Å²) in [5.41, 5.74) is 0. The molecule has 0 unspecified atom stereocenters. The standard InChI is InChI=1S/C23H44N2O6.2HI/c1-24(10-16-28-17-11-24)14-20-30-22(26)8-6-4-3-5-7-9-23(27)31-21-15-25(2)12-18-29-19-13-25;;/h3-21H2,1-2H3;2*1H/q+2;;/p-2. The minimum atomic E-state index is -0.0972. The molecule has 2 heterocycles. The highest BCUT2D eigenvalue weighted by atomic mass is 127. The SMILES string of the molecule is C[N+]1(CCOC(=O)CCCCCCCC(=O)OCC[N+]2(C)CCOCC2)CCOCC1.[I-].[I-]. The van der Waals surface area contributed by atoms with Gasteiger partial charge in [0.15, 0.2) is 0 Å². The molecule has 0 aliphatic carbocycles. The molecule has 10 heteroatoms. The molecule has 33 heavy (non-hydrogen) atoms. The van der Waals surface area contributed by atoms with Crippen LogP contribution in [-0.4, -0.2) is 114 Å². The molecule has 0 aromatic heterocycles. The first-order valence-corrected chi connectivity index (χ1v) is 12.0. The molecule has 8 nitrogen and oxygen atoms in total. The van der Waals surface area contributed by atoms with E-state index in [1.165, 1.54) is 0 Å². The van der Waals surface area contributed by atoms with Crippen LogP contribution >= 0.6 is 0 Å². The van der Waals surface area contributed by atoms with E-state index in [-0.39, 0.29) is 59.9 Å². The summed E-state index contributed by atoms with van der Waals surface area (Å²) >= 11 is 0. The van der Waals surface area contributed by atoms with E-state index in [4.69, 9.17) is 18.9 Å². The van der Waals surface area contributed by atoms with Crippen molar-refractivity contribution in [3.8, 4) is 0 Å². The fraction of sp³-hybridized carbons (Fsp3) is 0.913. The second-order valence-electron chi connectivity index (χ2n) is 9.51. The lowest BCUT2D eigenvalue weighted by Crippen LogP contribution is -3.00. The van der Waals surface area contributed by atoms with Crippen LogP contribution in [0.25, 0.3) is 0 Å². The number of ether oxygens (including phenoxy) is 4. The van der Waals surface area contributed by atoms with Crippen molar-refractivity contribution in [3.63, 3.8) is 0 Å². The van der Waals surface area contributed by atoms with Crippen LogP contribution in [0.4, 0.5) is 0 Å². The van der Waals surface area contributed by atoms with E-state index in [1.807, 2.05) is 0 Å². The summed E-state index contributed by atoms with van der Waals surface area (Å²) in [7, 11) is 4.38. The van der Waals surface area contributed by atoms with Crippen molar-refractivity contribution in [3.05, 3.63) is 0 Å². The molecule has 2 rings (SSSR count). The Kier molecular flexibility index (Phi) is 18.6. The first-order valence-electron chi connectivity index (χ1n) is 12.0. The van der Waals surface area contributed by atoms with Crippen molar-refractivity contribution in [2.45, 2.75) is 44.9 Å². The zero-order valence-corrected chi connectivity index (χ0v) is 24.8. The molecule has 0 amide bonds. The third kappa shape index (κ3) is 15.1. The predicted molar refractivity (Wildman–Crippen MR) is 117 cm³/mol. The number of likely N-dealkylation sites (N-methyl/N-ethyl adjacent to an activating group) is 2. The topological polar surface area (TPSA) is 71.1 Å². The molecule has 2 saturated heterocycles. The van der Waals surface area contributed by atoms with Crippen molar-refractivity contribution in [2.24, 2.45) is 0 Å². The van der Waals surface area contributed by atoms with E-state index >= 15 is 0 Å². The summed E-state index contributed by atoms with van der Waals surface area (Å²) in [5.74, 6) is -0.194. The normalized spacial score (nSPS) is 19.0. The molecule has 0 aromatic carbocycles. The monoisotopic (exact) mass is 698 g/mol. The third-order valence-electron chi connectivity index (χ3n) is 6.65. The Morgan fingerprint density at radius 1 is 0.636 bits per heavy atom. The van der Waals surface area contributed by atoms with Crippen LogP contribution in [0.5, 0.6) is 0 Å². The summed E-state index contributed by atoms with van der Waals surface area (Å²) in [5, 5.41) is 0. The second-order valence-corrected chi connectivity index (χ2v) is 9.51. The van der Waals surface area contributed by atoms with E-state index in [1.54, 1.807) is 0 Å². The number of carbonyl (C=O) groups is 2. The summed E-state index contributed by atoms with van der Waals surface area (Å²) < 4.78 is 23.4. The van der Waals surface area contributed by atoms with Gasteiger partial charge in [0, 0.05) is 12.8 Å². The molecule has 0 N–H and O–H groups in total. The minimum absolute atomic E-state index is 0. The average molecular weight is 698 g/mol. The quantitative estimate of drug-likeness (QED) is 0.0794. The Balaban J connectivity index is 0.00000512. The number of hydrogen-bond acceptors (Lipinski definition) is 6. The highest BCUT2D eigenvalue weighted by molar-refractivity contribution is 5.69. The number of carbonyl (C=O) groups excluding carboxylic acids is 2. The number of esters is 2. The number of hydrogen-bond donors (Lipinski definition) is 0. The molecule has 0 atom stereocenters. The van der Waals surface area contributed by atoms with Gasteiger partial charge in [0.1, 0.15) is 52.5 Å². The molecule has 2 fully saturated rings. The molecule has 0 radical (unpaired) electrons. The van der Waals surface area contributed by atoms with Gasteiger partial charge < -0.3 is 75.9 Å². The lowest BCUT2D eigenvalue weighted by atomic mass is 10.1. The average Bonchev–Trinajstić information content (AvgIpc) is 2.74. The predicted octanol–water partition coefficient (Wildman–Crippen LogP) is -4.23. The highest BCUT2D eigenvalue weighted by Gasteiger charge is 2.26. The van der Waals surface area contributed by atoms with Crippen molar-refractivity contribution < 1.29 is 85.5 Å². The van der Waals surface area contributed by atoms with E-state index in [2.05, 4.69) is 14.1 Å². The lowest BCUT2D eigenvalue weighted by Gasteiger charge is -2.37. The molecule has 0 bridgehead atoms.